The third kappa shape index (κ3) is 4.41. The van der Waals surface area contributed by atoms with Gasteiger partial charge in [0.15, 0.2) is 0 Å². The van der Waals surface area contributed by atoms with Crippen LogP contribution in [0.1, 0.15) is 12.8 Å². The number of piperidine rings is 1. The van der Waals surface area contributed by atoms with E-state index < -0.39 is 10.0 Å². The Kier molecular flexibility index (Phi) is 7.65. The maximum atomic E-state index is 13.3. The van der Waals surface area contributed by atoms with Crippen LogP contribution in [0.25, 0.3) is 10.8 Å². The molecule has 0 bridgehead atoms. The smallest absolute Gasteiger partial charge is 0.243 e. The van der Waals surface area contributed by atoms with Crippen LogP contribution in [-0.2, 0) is 14.8 Å². The molecule has 1 fully saturated rings. The molecule has 3 rings (SSSR count). The van der Waals surface area contributed by atoms with Gasteiger partial charge < -0.3 is 15.8 Å². The molecular formula is C19H26ClN3O4S. The second kappa shape index (κ2) is 9.56. The molecule has 2 aromatic rings. The number of carbonyl (C=O) groups excluding carboxylic acids is 1. The predicted octanol–water partition coefficient (Wildman–Crippen LogP) is 1.75. The number of hydrogen-bond donors (Lipinski definition) is 2. The second-order valence-corrected chi connectivity index (χ2v) is 8.50. The molecule has 1 unspecified atom stereocenters. The van der Waals surface area contributed by atoms with E-state index in [1.165, 1.54) is 4.31 Å². The Hall–Kier alpha value is -1.87. The zero-order chi connectivity index (χ0) is 19.4. The van der Waals surface area contributed by atoms with Crippen LogP contribution in [0, 0.1) is 5.92 Å². The Morgan fingerprint density at radius 1 is 1.25 bits per heavy atom. The molecule has 1 atom stereocenters. The molecule has 154 valence electrons. The van der Waals surface area contributed by atoms with Gasteiger partial charge in [0.2, 0.25) is 15.9 Å². The molecule has 2 aromatic carbocycles. The fourth-order valence-electron chi connectivity index (χ4n) is 3.50. The zero-order valence-corrected chi connectivity index (χ0v) is 17.4. The van der Waals surface area contributed by atoms with Gasteiger partial charge in [-0.1, -0.05) is 24.3 Å². The number of nitrogens with two attached hydrogens (primary N) is 1. The standard InChI is InChI=1S/C19H25N3O4S.ClH/c1-26-17-8-9-18(16-7-3-2-6-15(16)17)27(24,25)22-12-4-5-14(13-22)19(23)21-11-10-20;/h2-3,6-9,14H,4-5,10-13,20H2,1H3,(H,21,23);1H. The molecule has 0 saturated carbocycles. The summed E-state index contributed by atoms with van der Waals surface area (Å²) in [6, 6.07) is 10.5. The lowest BCUT2D eigenvalue weighted by atomic mass is 9.99. The van der Waals surface area contributed by atoms with Crippen LogP contribution in [-0.4, -0.2) is 51.9 Å². The first-order valence-electron chi connectivity index (χ1n) is 9.02. The number of ether oxygens (including phenoxy) is 1. The molecule has 3 N–H and O–H groups in total. The minimum absolute atomic E-state index is 0. The first-order chi connectivity index (χ1) is 13.0. The number of hydrogen-bond acceptors (Lipinski definition) is 5. The van der Waals surface area contributed by atoms with E-state index in [0.29, 0.717) is 43.6 Å². The minimum Gasteiger partial charge on any atom is -0.496 e. The summed E-state index contributed by atoms with van der Waals surface area (Å²) < 4.78 is 33.4. The van der Waals surface area contributed by atoms with Crippen LogP contribution in [0.2, 0.25) is 0 Å². The molecular weight excluding hydrogens is 402 g/mol. The molecule has 9 heteroatoms. The quantitative estimate of drug-likeness (QED) is 0.731. The van der Waals surface area contributed by atoms with Crippen molar-refractivity contribution >= 4 is 39.1 Å². The lowest BCUT2D eigenvalue weighted by Gasteiger charge is -2.31. The van der Waals surface area contributed by atoms with Crippen molar-refractivity contribution in [3.8, 4) is 5.75 Å². The van der Waals surface area contributed by atoms with Crippen molar-refractivity contribution in [3.63, 3.8) is 0 Å². The number of halogens is 1. The Morgan fingerprint density at radius 3 is 2.64 bits per heavy atom. The zero-order valence-electron chi connectivity index (χ0n) is 15.8. The predicted molar refractivity (Wildman–Crippen MR) is 111 cm³/mol. The van der Waals surface area contributed by atoms with Crippen molar-refractivity contribution < 1.29 is 17.9 Å². The van der Waals surface area contributed by atoms with Gasteiger partial charge in [-0.2, -0.15) is 4.31 Å². The van der Waals surface area contributed by atoms with Gasteiger partial charge >= 0.3 is 0 Å². The second-order valence-electron chi connectivity index (χ2n) is 6.59. The highest BCUT2D eigenvalue weighted by atomic mass is 35.5. The fraction of sp³-hybridized carbons (Fsp3) is 0.421. The van der Waals surface area contributed by atoms with Crippen molar-refractivity contribution in [1.29, 1.82) is 0 Å². The van der Waals surface area contributed by atoms with Gasteiger partial charge in [-0.3, -0.25) is 4.79 Å². The number of nitrogens with zero attached hydrogens (tertiary/aromatic N) is 1. The summed E-state index contributed by atoms with van der Waals surface area (Å²) in [5.41, 5.74) is 5.42. The molecule has 0 radical (unpaired) electrons. The average Bonchev–Trinajstić information content (AvgIpc) is 2.71. The summed E-state index contributed by atoms with van der Waals surface area (Å²) in [4.78, 5) is 12.5. The summed E-state index contributed by atoms with van der Waals surface area (Å²) in [5, 5.41) is 4.12. The van der Waals surface area contributed by atoms with Crippen molar-refractivity contribution in [2.45, 2.75) is 17.7 Å². The van der Waals surface area contributed by atoms with E-state index in [2.05, 4.69) is 5.32 Å². The van der Waals surface area contributed by atoms with Gasteiger partial charge in [-0.15, -0.1) is 12.4 Å². The maximum absolute atomic E-state index is 13.3. The van der Waals surface area contributed by atoms with E-state index in [0.717, 1.165) is 5.39 Å². The number of methoxy groups -OCH3 is 1. The summed E-state index contributed by atoms with van der Waals surface area (Å²) in [6.07, 6.45) is 1.32. The molecule has 7 nitrogen and oxygen atoms in total. The number of fused-ring (bicyclic) bond motifs is 1. The van der Waals surface area contributed by atoms with Gasteiger partial charge in [-0.05, 0) is 25.0 Å². The number of amides is 1. The highest BCUT2D eigenvalue weighted by Crippen LogP contribution is 2.33. The van der Waals surface area contributed by atoms with Crippen LogP contribution in [0.3, 0.4) is 0 Å². The first-order valence-corrected chi connectivity index (χ1v) is 10.5. The van der Waals surface area contributed by atoms with Gasteiger partial charge in [0.25, 0.3) is 0 Å². The summed E-state index contributed by atoms with van der Waals surface area (Å²) in [7, 11) is -2.17. The Morgan fingerprint density at radius 2 is 1.96 bits per heavy atom. The summed E-state index contributed by atoms with van der Waals surface area (Å²) in [5.74, 6) is 0.131. The number of sulfonamides is 1. The fourth-order valence-corrected chi connectivity index (χ4v) is 5.22. The van der Waals surface area contributed by atoms with Crippen molar-refractivity contribution in [1.82, 2.24) is 9.62 Å². The van der Waals surface area contributed by atoms with E-state index in [1.54, 1.807) is 31.4 Å². The van der Waals surface area contributed by atoms with Gasteiger partial charge in [0.1, 0.15) is 5.75 Å². The van der Waals surface area contributed by atoms with Crippen molar-refractivity contribution in [2.75, 3.05) is 33.3 Å². The molecule has 0 aliphatic carbocycles. The van der Waals surface area contributed by atoms with Crippen LogP contribution in [0.15, 0.2) is 41.3 Å². The van der Waals surface area contributed by atoms with E-state index in [4.69, 9.17) is 10.5 Å². The third-order valence-electron chi connectivity index (χ3n) is 4.88. The molecule has 0 aromatic heterocycles. The maximum Gasteiger partial charge on any atom is 0.243 e. The van der Waals surface area contributed by atoms with Gasteiger partial charge in [-0.25, -0.2) is 8.42 Å². The molecule has 0 spiro atoms. The summed E-state index contributed by atoms with van der Waals surface area (Å²) >= 11 is 0. The number of benzene rings is 2. The molecule has 1 amide bonds. The van der Waals surface area contributed by atoms with Gasteiger partial charge in [0, 0.05) is 37.0 Å². The molecule has 1 aliphatic heterocycles. The highest BCUT2D eigenvalue weighted by Gasteiger charge is 2.34. The Labute approximate surface area is 171 Å². The Balaban J connectivity index is 0.00000280. The lowest BCUT2D eigenvalue weighted by molar-refractivity contribution is -0.126. The van der Waals surface area contributed by atoms with E-state index in [9.17, 15) is 13.2 Å². The van der Waals surface area contributed by atoms with Crippen LogP contribution in [0.4, 0.5) is 0 Å². The number of nitrogens with one attached hydrogen (secondary N) is 1. The highest BCUT2D eigenvalue weighted by molar-refractivity contribution is 7.89. The van der Waals surface area contributed by atoms with Gasteiger partial charge in [0.05, 0.1) is 17.9 Å². The number of rotatable bonds is 6. The molecule has 1 saturated heterocycles. The van der Waals surface area contributed by atoms with Crippen molar-refractivity contribution in [3.05, 3.63) is 36.4 Å². The van der Waals surface area contributed by atoms with Crippen LogP contribution >= 0.6 is 12.4 Å². The molecule has 28 heavy (non-hydrogen) atoms. The van der Waals surface area contributed by atoms with Crippen molar-refractivity contribution in [2.24, 2.45) is 11.7 Å². The molecule has 1 heterocycles. The average molecular weight is 428 g/mol. The molecule has 1 aliphatic rings. The largest absolute Gasteiger partial charge is 0.496 e. The third-order valence-corrected chi connectivity index (χ3v) is 6.80. The van der Waals surface area contributed by atoms with Crippen LogP contribution in [0.5, 0.6) is 5.75 Å². The van der Waals surface area contributed by atoms with E-state index in [-0.39, 0.29) is 35.7 Å². The van der Waals surface area contributed by atoms with E-state index >= 15 is 0 Å². The lowest BCUT2D eigenvalue weighted by Crippen LogP contribution is -2.46. The normalized spacial score (nSPS) is 17.7. The SMILES string of the molecule is COc1ccc(S(=O)(=O)N2CCCC(C(=O)NCCN)C2)c2ccccc12.Cl. The topological polar surface area (TPSA) is 102 Å². The first kappa shape index (κ1) is 22.4. The number of carbonyl (C=O) groups is 1. The monoisotopic (exact) mass is 427 g/mol. The van der Waals surface area contributed by atoms with E-state index in [1.807, 2.05) is 12.1 Å². The Bertz CT molecular complexity index is 936. The van der Waals surface area contributed by atoms with Crippen LogP contribution < -0.4 is 15.8 Å². The summed E-state index contributed by atoms with van der Waals surface area (Å²) in [6.45, 7) is 1.34. The minimum atomic E-state index is -3.73.